The molecule has 0 fully saturated rings. The molecule has 3 heterocycles. The molecule has 0 spiro atoms. The van der Waals surface area contributed by atoms with Gasteiger partial charge in [-0.25, -0.2) is 4.39 Å². The van der Waals surface area contributed by atoms with E-state index in [1.165, 1.54) is 17.5 Å². The highest BCUT2D eigenvalue weighted by atomic mass is 19.1. The van der Waals surface area contributed by atoms with Crippen LogP contribution in [0.2, 0.25) is 0 Å². The summed E-state index contributed by atoms with van der Waals surface area (Å²) in [7, 11) is 0. The van der Waals surface area contributed by atoms with Crippen LogP contribution in [0.25, 0.3) is 21.8 Å². The smallest absolute Gasteiger partial charge is 0.123 e. The molecule has 3 nitrogen and oxygen atoms in total. The topological polar surface area (TPSA) is 41.6 Å². The van der Waals surface area contributed by atoms with Gasteiger partial charge in [0, 0.05) is 41.1 Å². The highest BCUT2D eigenvalue weighted by Gasteiger charge is 1.93. The van der Waals surface area contributed by atoms with Crippen molar-refractivity contribution in [1.82, 2.24) is 15.0 Å². The zero-order chi connectivity index (χ0) is 18.0. The summed E-state index contributed by atoms with van der Waals surface area (Å²) in [5, 5.41) is 2.12. The molecule has 0 aliphatic heterocycles. The van der Waals surface area contributed by atoms with Gasteiger partial charge < -0.3 is 4.98 Å². The Balaban J connectivity index is 0.000000117. The van der Waals surface area contributed by atoms with Crippen molar-refractivity contribution in [1.29, 1.82) is 0 Å². The summed E-state index contributed by atoms with van der Waals surface area (Å²) in [5.74, 6) is -0.188. The lowest BCUT2D eigenvalue weighted by Crippen LogP contribution is -1.73. The van der Waals surface area contributed by atoms with Gasteiger partial charge in [0.2, 0.25) is 0 Å². The fraction of sp³-hybridized carbons (Fsp3) is 0. The third-order valence-corrected chi connectivity index (χ3v) is 3.59. The van der Waals surface area contributed by atoms with Crippen molar-refractivity contribution in [3.8, 4) is 0 Å². The van der Waals surface area contributed by atoms with Crippen LogP contribution in [0.3, 0.4) is 0 Å². The van der Waals surface area contributed by atoms with Crippen LogP contribution in [0.5, 0.6) is 0 Å². The molecule has 0 atom stereocenters. The second-order valence-corrected chi connectivity index (χ2v) is 5.43. The molecule has 1 N–H and O–H groups in total. The minimum absolute atomic E-state index is 0.188. The molecular formula is C22H18FN3. The van der Waals surface area contributed by atoms with Crippen LogP contribution >= 0.6 is 0 Å². The number of halogens is 1. The molecule has 0 unspecified atom stereocenters. The molecule has 5 aromatic rings. The Hall–Kier alpha value is -3.53. The van der Waals surface area contributed by atoms with Gasteiger partial charge in [-0.15, -0.1) is 0 Å². The molecule has 0 saturated carbocycles. The molecular weight excluding hydrogens is 325 g/mol. The van der Waals surface area contributed by atoms with Gasteiger partial charge >= 0.3 is 0 Å². The first-order valence-corrected chi connectivity index (χ1v) is 8.20. The van der Waals surface area contributed by atoms with Crippen LogP contribution < -0.4 is 0 Å². The molecule has 0 amide bonds. The van der Waals surface area contributed by atoms with E-state index in [4.69, 9.17) is 0 Å². The second kappa shape index (κ2) is 9.08. The van der Waals surface area contributed by atoms with Crippen molar-refractivity contribution in [3.63, 3.8) is 0 Å². The van der Waals surface area contributed by atoms with Crippen LogP contribution in [0.4, 0.5) is 4.39 Å². The number of H-pyrrole nitrogens is 1. The van der Waals surface area contributed by atoms with Gasteiger partial charge in [-0.3, -0.25) is 9.97 Å². The minimum Gasteiger partial charge on any atom is -0.361 e. The highest BCUT2D eigenvalue weighted by Crippen LogP contribution is 2.12. The number of nitrogens with zero attached hydrogens (tertiary/aromatic N) is 2. The first-order chi connectivity index (χ1) is 12.8. The SMILES string of the molecule is Fc1ccc2[nH]ccc2c1.c1ccc2ncccc2c1.c1ccncc1. The summed E-state index contributed by atoms with van der Waals surface area (Å²) >= 11 is 0. The monoisotopic (exact) mass is 343 g/mol. The van der Waals surface area contributed by atoms with Gasteiger partial charge in [-0.05, 0) is 48.5 Å². The Bertz CT molecular complexity index is 966. The molecule has 3 aromatic heterocycles. The largest absolute Gasteiger partial charge is 0.361 e. The van der Waals surface area contributed by atoms with E-state index in [2.05, 4.69) is 27.1 Å². The maximum atomic E-state index is 12.5. The van der Waals surface area contributed by atoms with Gasteiger partial charge in [-0.2, -0.15) is 0 Å². The zero-order valence-electron chi connectivity index (χ0n) is 14.1. The van der Waals surface area contributed by atoms with Crippen LogP contribution in [-0.2, 0) is 0 Å². The Labute approximate surface area is 151 Å². The first kappa shape index (κ1) is 17.3. The van der Waals surface area contributed by atoms with Crippen molar-refractivity contribution < 1.29 is 4.39 Å². The number of nitrogens with one attached hydrogen (secondary N) is 1. The number of aromatic nitrogens is 3. The third-order valence-electron chi connectivity index (χ3n) is 3.59. The Morgan fingerprint density at radius 1 is 0.692 bits per heavy atom. The Kier molecular flexibility index (Phi) is 6.04. The van der Waals surface area contributed by atoms with E-state index in [9.17, 15) is 4.39 Å². The van der Waals surface area contributed by atoms with Crippen molar-refractivity contribution >= 4 is 21.8 Å². The number of hydrogen-bond acceptors (Lipinski definition) is 2. The van der Waals surface area contributed by atoms with E-state index in [1.807, 2.05) is 54.7 Å². The van der Waals surface area contributed by atoms with Crippen LogP contribution in [0.1, 0.15) is 0 Å². The average molecular weight is 343 g/mol. The molecule has 5 rings (SSSR count). The lowest BCUT2D eigenvalue weighted by molar-refractivity contribution is 0.630. The minimum atomic E-state index is -0.188. The van der Waals surface area contributed by atoms with Crippen molar-refractivity contribution in [3.05, 3.63) is 109 Å². The van der Waals surface area contributed by atoms with Gasteiger partial charge in [0.25, 0.3) is 0 Å². The van der Waals surface area contributed by atoms with Gasteiger partial charge in [0.15, 0.2) is 0 Å². The summed E-state index contributed by atoms with van der Waals surface area (Å²) in [6.45, 7) is 0. The molecule has 2 aromatic carbocycles. The molecule has 0 bridgehead atoms. The first-order valence-electron chi connectivity index (χ1n) is 8.20. The summed E-state index contributed by atoms with van der Waals surface area (Å²) in [6.07, 6.45) is 7.10. The van der Waals surface area contributed by atoms with Crippen molar-refractivity contribution in [2.75, 3.05) is 0 Å². The molecule has 128 valence electrons. The molecule has 0 aliphatic carbocycles. The van der Waals surface area contributed by atoms with Gasteiger partial charge in [0.1, 0.15) is 5.82 Å². The number of para-hydroxylation sites is 1. The fourth-order valence-corrected chi connectivity index (χ4v) is 2.35. The molecule has 0 saturated heterocycles. The van der Waals surface area contributed by atoms with Crippen molar-refractivity contribution in [2.24, 2.45) is 0 Å². The number of hydrogen-bond donors (Lipinski definition) is 1. The van der Waals surface area contributed by atoms with E-state index >= 15 is 0 Å². The predicted octanol–water partition coefficient (Wildman–Crippen LogP) is 5.62. The summed E-state index contributed by atoms with van der Waals surface area (Å²) < 4.78 is 12.5. The Morgan fingerprint density at radius 2 is 1.50 bits per heavy atom. The highest BCUT2D eigenvalue weighted by molar-refractivity contribution is 5.79. The molecule has 4 heteroatoms. The lowest BCUT2D eigenvalue weighted by Gasteiger charge is -1.91. The number of pyridine rings is 2. The van der Waals surface area contributed by atoms with Crippen LogP contribution in [0.15, 0.2) is 104 Å². The van der Waals surface area contributed by atoms with E-state index in [1.54, 1.807) is 24.7 Å². The van der Waals surface area contributed by atoms with E-state index in [0.29, 0.717) is 0 Å². The number of benzene rings is 2. The Morgan fingerprint density at radius 3 is 2.23 bits per heavy atom. The quantitative estimate of drug-likeness (QED) is 0.396. The number of aromatic amines is 1. The lowest BCUT2D eigenvalue weighted by atomic mass is 10.2. The van der Waals surface area contributed by atoms with Crippen LogP contribution in [-0.4, -0.2) is 15.0 Å². The van der Waals surface area contributed by atoms with Gasteiger partial charge in [-0.1, -0.05) is 30.3 Å². The summed E-state index contributed by atoms with van der Waals surface area (Å²) in [4.78, 5) is 10.9. The number of fused-ring (bicyclic) bond motifs is 2. The summed E-state index contributed by atoms with van der Waals surface area (Å²) in [6, 6.07) is 24.3. The standard InChI is InChI=1S/C9H7N.C8H6FN.C5H5N/c1-2-6-9-8(4-1)5-3-7-10-9;9-7-1-2-8-6(5-7)3-4-10-8;1-2-4-6-5-3-1/h1-7H;1-5,10H;1-5H. The van der Waals surface area contributed by atoms with Crippen molar-refractivity contribution in [2.45, 2.75) is 0 Å². The van der Waals surface area contributed by atoms with E-state index in [-0.39, 0.29) is 5.82 Å². The average Bonchev–Trinajstić information content (AvgIpc) is 3.18. The van der Waals surface area contributed by atoms with E-state index in [0.717, 1.165) is 16.4 Å². The fourth-order valence-electron chi connectivity index (χ4n) is 2.35. The predicted molar refractivity (Wildman–Crippen MR) is 104 cm³/mol. The normalized spacial score (nSPS) is 9.73. The molecule has 0 radical (unpaired) electrons. The maximum Gasteiger partial charge on any atom is 0.123 e. The second-order valence-electron chi connectivity index (χ2n) is 5.43. The number of rotatable bonds is 0. The molecule has 26 heavy (non-hydrogen) atoms. The van der Waals surface area contributed by atoms with Crippen LogP contribution in [0, 0.1) is 5.82 Å². The van der Waals surface area contributed by atoms with E-state index < -0.39 is 0 Å². The molecule has 0 aliphatic rings. The van der Waals surface area contributed by atoms with Gasteiger partial charge in [0.05, 0.1) is 5.52 Å². The maximum absolute atomic E-state index is 12.5. The summed E-state index contributed by atoms with van der Waals surface area (Å²) in [5.41, 5.74) is 2.03. The zero-order valence-corrected chi connectivity index (χ0v) is 14.1. The third kappa shape index (κ3) is 4.98.